The molecule has 6 nitrogen and oxygen atoms in total. The van der Waals surface area contributed by atoms with Crippen LogP contribution in [0.5, 0.6) is 5.75 Å². The molecule has 0 spiro atoms. The number of carbonyl (C=O) groups excluding carboxylic acids is 1. The Bertz CT molecular complexity index is 1290. The number of urea groups is 1. The fourth-order valence-corrected chi connectivity index (χ4v) is 4.96. The van der Waals surface area contributed by atoms with Gasteiger partial charge in [0.25, 0.3) is 0 Å². The zero-order valence-corrected chi connectivity index (χ0v) is 17.7. The van der Waals surface area contributed by atoms with Crippen LogP contribution in [0.3, 0.4) is 0 Å². The number of carbonyl (C=O) groups is 1. The number of hydrogen-bond donors (Lipinski definition) is 0. The number of ether oxygens (including phenoxy) is 1. The van der Waals surface area contributed by atoms with Crippen LogP contribution in [0.1, 0.15) is 5.56 Å². The van der Waals surface area contributed by atoms with Gasteiger partial charge >= 0.3 is 6.03 Å². The topological polar surface area (TPSA) is 58.6 Å². The predicted molar refractivity (Wildman–Crippen MR) is 117 cm³/mol. The molecule has 0 saturated heterocycles. The van der Waals surface area contributed by atoms with Crippen LogP contribution in [0.4, 0.5) is 25.1 Å². The summed E-state index contributed by atoms with van der Waals surface area (Å²) in [6, 6.07) is 10.8. The number of pyridine rings is 1. The minimum absolute atomic E-state index is 0.0669. The second-order valence-electron chi connectivity index (χ2n) is 6.65. The van der Waals surface area contributed by atoms with Crippen LogP contribution in [0.25, 0.3) is 10.2 Å². The highest BCUT2D eigenvalue weighted by Gasteiger charge is 2.34. The van der Waals surface area contributed by atoms with Gasteiger partial charge < -0.3 is 4.74 Å². The number of hydrogen-bond acceptors (Lipinski definition) is 6. The summed E-state index contributed by atoms with van der Waals surface area (Å²) in [5, 5.41) is 0. The van der Waals surface area contributed by atoms with Crippen LogP contribution in [0.15, 0.2) is 59.1 Å². The lowest BCUT2D eigenvalue weighted by atomic mass is 10.1. The Morgan fingerprint density at radius 2 is 1.90 bits per heavy atom. The Balaban J connectivity index is 1.57. The molecule has 31 heavy (non-hydrogen) atoms. The lowest BCUT2D eigenvalue weighted by molar-refractivity contribution is 0.254. The number of thiazole rings is 1. The van der Waals surface area contributed by atoms with Crippen LogP contribution in [-0.4, -0.2) is 23.1 Å². The van der Waals surface area contributed by atoms with E-state index in [1.165, 1.54) is 39.6 Å². The van der Waals surface area contributed by atoms with Gasteiger partial charge in [-0.3, -0.25) is 4.90 Å². The lowest BCUT2D eigenvalue weighted by Gasteiger charge is -2.35. The quantitative estimate of drug-likeness (QED) is 0.373. The largest absolute Gasteiger partial charge is 0.497 e. The van der Waals surface area contributed by atoms with Crippen LogP contribution in [0, 0.1) is 11.6 Å². The van der Waals surface area contributed by atoms with Gasteiger partial charge in [-0.25, -0.2) is 27.8 Å². The van der Waals surface area contributed by atoms with E-state index in [0.717, 1.165) is 22.3 Å². The minimum atomic E-state index is -0.794. The third-order valence-electron chi connectivity index (χ3n) is 4.82. The Kier molecular flexibility index (Phi) is 4.95. The zero-order valence-electron chi connectivity index (χ0n) is 16.1. The van der Waals surface area contributed by atoms with E-state index in [1.807, 2.05) is 18.2 Å². The molecule has 3 heterocycles. The summed E-state index contributed by atoms with van der Waals surface area (Å²) in [4.78, 5) is 23.9. The highest BCUT2D eigenvalue weighted by molar-refractivity contribution is 8.01. The zero-order chi connectivity index (χ0) is 21.5. The Morgan fingerprint density at radius 1 is 1.10 bits per heavy atom. The summed E-state index contributed by atoms with van der Waals surface area (Å²) in [6.45, 7) is -0.315. The predicted octanol–water partition coefficient (Wildman–Crippen LogP) is 5.63. The van der Waals surface area contributed by atoms with Crippen molar-refractivity contribution in [2.75, 3.05) is 16.3 Å². The summed E-state index contributed by atoms with van der Waals surface area (Å²) in [5.74, 6) is -1.17. The van der Waals surface area contributed by atoms with Gasteiger partial charge in [0.2, 0.25) is 0 Å². The van der Waals surface area contributed by atoms with E-state index in [2.05, 4.69) is 9.97 Å². The van der Waals surface area contributed by atoms with Crippen molar-refractivity contribution in [1.82, 2.24) is 9.97 Å². The number of anilines is 2. The van der Waals surface area contributed by atoms with E-state index in [4.69, 9.17) is 4.74 Å². The van der Waals surface area contributed by atoms with Gasteiger partial charge in [-0.05, 0) is 30.3 Å². The molecule has 0 atom stereocenters. The molecule has 0 N–H and O–H groups in total. The SMILES string of the molecule is COc1cc(F)c(CN2C(=O)N(c3ccc4ncsc4c3)Sc3cccnc32)c(F)c1. The summed E-state index contributed by atoms with van der Waals surface area (Å²) < 4.78 is 36.6. The Labute approximate surface area is 184 Å². The number of fused-ring (bicyclic) bond motifs is 2. The molecular formula is C21H14F2N4O2S2. The van der Waals surface area contributed by atoms with Gasteiger partial charge in [0.1, 0.15) is 17.4 Å². The number of rotatable bonds is 4. The molecule has 2 aromatic heterocycles. The van der Waals surface area contributed by atoms with Crippen molar-refractivity contribution in [3.63, 3.8) is 0 Å². The minimum Gasteiger partial charge on any atom is -0.497 e. The molecule has 156 valence electrons. The fourth-order valence-electron chi connectivity index (χ4n) is 3.28. The van der Waals surface area contributed by atoms with Crippen LogP contribution >= 0.6 is 23.3 Å². The molecule has 4 aromatic rings. The average molecular weight is 456 g/mol. The van der Waals surface area contributed by atoms with Crippen molar-refractivity contribution in [3.8, 4) is 5.75 Å². The van der Waals surface area contributed by atoms with E-state index in [0.29, 0.717) is 16.4 Å². The second-order valence-corrected chi connectivity index (χ2v) is 8.53. The molecule has 0 unspecified atom stereocenters. The number of nitrogens with zero attached hydrogens (tertiary/aromatic N) is 4. The van der Waals surface area contributed by atoms with E-state index in [9.17, 15) is 13.6 Å². The molecule has 2 aromatic carbocycles. The smallest absolute Gasteiger partial charge is 0.341 e. The molecule has 5 rings (SSSR count). The summed E-state index contributed by atoms with van der Waals surface area (Å²) in [7, 11) is 1.33. The van der Waals surface area contributed by atoms with Gasteiger partial charge in [-0.1, -0.05) is 0 Å². The first-order chi connectivity index (χ1) is 15.0. The highest BCUT2D eigenvalue weighted by Crippen LogP contribution is 2.42. The highest BCUT2D eigenvalue weighted by atomic mass is 32.2. The van der Waals surface area contributed by atoms with Crippen molar-refractivity contribution in [1.29, 1.82) is 0 Å². The summed E-state index contributed by atoms with van der Waals surface area (Å²) >= 11 is 2.68. The molecule has 1 aliphatic rings. The molecule has 0 bridgehead atoms. The summed E-state index contributed by atoms with van der Waals surface area (Å²) in [6.07, 6.45) is 1.54. The number of aromatic nitrogens is 2. The maximum absolute atomic E-state index is 14.6. The van der Waals surface area contributed by atoms with E-state index in [-0.39, 0.29) is 17.9 Å². The number of methoxy groups -OCH3 is 1. The Morgan fingerprint density at radius 3 is 2.68 bits per heavy atom. The van der Waals surface area contributed by atoms with E-state index < -0.39 is 17.7 Å². The number of amides is 2. The maximum atomic E-state index is 14.6. The van der Waals surface area contributed by atoms with E-state index >= 15 is 0 Å². The van der Waals surface area contributed by atoms with E-state index in [1.54, 1.807) is 23.8 Å². The van der Waals surface area contributed by atoms with Crippen molar-refractivity contribution < 1.29 is 18.3 Å². The number of halogens is 2. The lowest BCUT2D eigenvalue weighted by Crippen LogP contribution is -2.43. The Hall–Kier alpha value is -3.24. The van der Waals surface area contributed by atoms with Gasteiger partial charge in [0, 0.05) is 35.8 Å². The summed E-state index contributed by atoms with van der Waals surface area (Å²) in [5.41, 5.74) is 2.97. The van der Waals surface area contributed by atoms with Crippen LogP contribution in [-0.2, 0) is 6.54 Å². The van der Waals surface area contributed by atoms with Crippen molar-refractivity contribution in [2.24, 2.45) is 0 Å². The molecule has 0 aliphatic carbocycles. The molecule has 10 heteroatoms. The first-order valence-electron chi connectivity index (χ1n) is 9.15. The second kappa shape index (κ2) is 7.78. The third kappa shape index (κ3) is 3.47. The van der Waals surface area contributed by atoms with Gasteiger partial charge in [0.05, 0.1) is 40.0 Å². The fraction of sp³-hybridized carbons (Fsp3) is 0.0952. The van der Waals surface area contributed by atoms with Crippen molar-refractivity contribution in [2.45, 2.75) is 11.4 Å². The van der Waals surface area contributed by atoms with Crippen LogP contribution < -0.4 is 13.9 Å². The molecular weight excluding hydrogens is 442 g/mol. The molecule has 0 saturated carbocycles. The number of benzene rings is 2. The average Bonchev–Trinajstić information content (AvgIpc) is 3.25. The first kappa shape index (κ1) is 19.7. The van der Waals surface area contributed by atoms with Crippen molar-refractivity contribution >= 4 is 51.0 Å². The van der Waals surface area contributed by atoms with Gasteiger partial charge in [-0.15, -0.1) is 11.3 Å². The molecule has 0 radical (unpaired) electrons. The molecule has 0 fully saturated rings. The molecule has 1 aliphatic heterocycles. The maximum Gasteiger partial charge on any atom is 0.341 e. The van der Waals surface area contributed by atoms with Gasteiger partial charge in [0.15, 0.2) is 5.82 Å². The standard InChI is InChI=1S/C21H14F2N4O2S2/c1-29-13-8-15(22)14(16(23)9-13)10-26-20-18(3-2-6-24-20)31-27(21(26)28)12-4-5-17-19(7-12)30-11-25-17/h2-9,11H,10H2,1H3. The molecule has 2 amide bonds. The third-order valence-corrected chi connectivity index (χ3v) is 6.67. The van der Waals surface area contributed by atoms with Crippen molar-refractivity contribution in [3.05, 3.63) is 71.4 Å². The normalized spacial score (nSPS) is 13.6. The van der Waals surface area contributed by atoms with Gasteiger partial charge in [-0.2, -0.15) is 0 Å². The monoisotopic (exact) mass is 456 g/mol. The first-order valence-corrected chi connectivity index (χ1v) is 10.8. The van der Waals surface area contributed by atoms with Crippen LogP contribution in [0.2, 0.25) is 0 Å².